The van der Waals surface area contributed by atoms with E-state index in [4.69, 9.17) is 5.73 Å². The molecular formula is C15H21N3O3. The van der Waals surface area contributed by atoms with Crippen molar-refractivity contribution < 1.29 is 9.72 Å². The number of nitro benzene ring substituents is 1. The zero-order chi connectivity index (χ0) is 15.8. The van der Waals surface area contributed by atoms with Gasteiger partial charge in [-0.15, -0.1) is 0 Å². The number of rotatable bonds is 2. The molecule has 1 aliphatic rings. The standard InChI is InChI=1S/C15H21N3O3/c1-10-6-11(8-12(7-10)18(20)21)14(19)17-5-4-13(16)15(2,3)9-17/h6-8,13H,4-5,9,16H2,1-3H3. The number of nitrogens with two attached hydrogens (primary N) is 1. The molecule has 1 aliphatic heterocycles. The van der Waals surface area contributed by atoms with Crippen LogP contribution < -0.4 is 5.73 Å². The third-order valence-electron chi connectivity index (χ3n) is 4.12. The van der Waals surface area contributed by atoms with Gasteiger partial charge in [-0.05, 0) is 30.4 Å². The lowest BCUT2D eigenvalue weighted by Gasteiger charge is -2.42. The first-order valence-corrected chi connectivity index (χ1v) is 7.01. The highest BCUT2D eigenvalue weighted by Gasteiger charge is 2.35. The van der Waals surface area contributed by atoms with E-state index in [1.165, 1.54) is 12.1 Å². The second-order valence-electron chi connectivity index (χ2n) is 6.42. The van der Waals surface area contributed by atoms with E-state index in [2.05, 4.69) is 0 Å². The fourth-order valence-corrected chi connectivity index (χ4v) is 2.72. The molecule has 0 saturated carbocycles. The Hall–Kier alpha value is -1.95. The average Bonchev–Trinajstić information content (AvgIpc) is 2.40. The van der Waals surface area contributed by atoms with Gasteiger partial charge in [-0.25, -0.2) is 0 Å². The quantitative estimate of drug-likeness (QED) is 0.667. The van der Waals surface area contributed by atoms with Crippen molar-refractivity contribution in [1.29, 1.82) is 0 Å². The molecule has 1 aromatic carbocycles. The molecule has 0 bridgehead atoms. The maximum absolute atomic E-state index is 12.6. The van der Waals surface area contributed by atoms with E-state index in [-0.39, 0.29) is 23.1 Å². The minimum Gasteiger partial charge on any atom is -0.338 e. The van der Waals surface area contributed by atoms with Crippen LogP contribution in [-0.4, -0.2) is 34.9 Å². The number of nitro groups is 1. The smallest absolute Gasteiger partial charge is 0.270 e. The number of carbonyl (C=O) groups excluding carboxylic acids is 1. The van der Waals surface area contributed by atoms with E-state index in [0.29, 0.717) is 24.2 Å². The van der Waals surface area contributed by atoms with Crippen LogP contribution in [0.2, 0.25) is 0 Å². The summed E-state index contributed by atoms with van der Waals surface area (Å²) < 4.78 is 0. The SMILES string of the molecule is Cc1cc(C(=O)N2CCC(N)C(C)(C)C2)cc([N+](=O)[O-])c1. The van der Waals surface area contributed by atoms with Gasteiger partial charge in [-0.2, -0.15) is 0 Å². The molecule has 0 spiro atoms. The van der Waals surface area contributed by atoms with Gasteiger partial charge in [0, 0.05) is 36.8 Å². The van der Waals surface area contributed by atoms with Crippen molar-refractivity contribution in [3.8, 4) is 0 Å². The van der Waals surface area contributed by atoms with E-state index >= 15 is 0 Å². The van der Waals surface area contributed by atoms with E-state index in [1.54, 1.807) is 17.9 Å². The number of non-ortho nitro benzene ring substituents is 1. The number of likely N-dealkylation sites (tertiary alicyclic amines) is 1. The maximum atomic E-state index is 12.6. The van der Waals surface area contributed by atoms with E-state index < -0.39 is 4.92 Å². The number of nitrogens with zero attached hydrogens (tertiary/aromatic N) is 2. The minimum absolute atomic E-state index is 0.0497. The molecule has 6 heteroatoms. The van der Waals surface area contributed by atoms with Crippen molar-refractivity contribution in [2.24, 2.45) is 11.1 Å². The van der Waals surface area contributed by atoms with Crippen LogP contribution in [0.4, 0.5) is 5.69 Å². The topological polar surface area (TPSA) is 89.5 Å². The molecule has 1 unspecified atom stereocenters. The van der Waals surface area contributed by atoms with E-state index in [9.17, 15) is 14.9 Å². The van der Waals surface area contributed by atoms with Gasteiger partial charge in [0.1, 0.15) is 0 Å². The average molecular weight is 291 g/mol. The monoisotopic (exact) mass is 291 g/mol. The Balaban J connectivity index is 2.26. The molecule has 1 amide bonds. The minimum atomic E-state index is -0.472. The molecule has 2 N–H and O–H groups in total. The van der Waals surface area contributed by atoms with Crippen LogP contribution in [0.5, 0.6) is 0 Å². The Morgan fingerprint density at radius 1 is 1.43 bits per heavy atom. The van der Waals surface area contributed by atoms with Crippen LogP contribution in [0, 0.1) is 22.5 Å². The normalized spacial score (nSPS) is 21.1. The predicted molar refractivity (Wildman–Crippen MR) is 80.1 cm³/mol. The number of hydrogen-bond donors (Lipinski definition) is 1. The number of hydrogen-bond acceptors (Lipinski definition) is 4. The number of aryl methyl sites for hydroxylation is 1. The summed E-state index contributed by atoms with van der Waals surface area (Å²) in [4.78, 5) is 24.8. The summed E-state index contributed by atoms with van der Waals surface area (Å²) in [5.74, 6) is -0.165. The van der Waals surface area contributed by atoms with Crippen LogP contribution >= 0.6 is 0 Å². The molecular weight excluding hydrogens is 270 g/mol. The highest BCUT2D eigenvalue weighted by atomic mass is 16.6. The van der Waals surface area contributed by atoms with E-state index in [1.807, 2.05) is 13.8 Å². The fourth-order valence-electron chi connectivity index (χ4n) is 2.72. The van der Waals surface area contributed by atoms with Crippen molar-refractivity contribution in [1.82, 2.24) is 4.90 Å². The molecule has 6 nitrogen and oxygen atoms in total. The number of benzene rings is 1. The summed E-state index contributed by atoms with van der Waals surface area (Å²) in [5.41, 5.74) is 6.95. The maximum Gasteiger partial charge on any atom is 0.270 e. The lowest BCUT2D eigenvalue weighted by molar-refractivity contribution is -0.384. The molecule has 1 aromatic rings. The van der Waals surface area contributed by atoms with E-state index in [0.717, 1.165) is 6.42 Å². The van der Waals surface area contributed by atoms with Gasteiger partial charge in [0.2, 0.25) is 0 Å². The molecule has 2 rings (SSSR count). The molecule has 1 atom stereocenters. The Morgan fingerprint density at radius 2 is 2.10 bits per heavy atom. The second-order valence-corrected chi connectivity index (χ2v) is 6.42. The highest BCUT2D eigenvalue weighted by molar-refractivity contribution is 5.95. The van der Waals surface area contributed by atoms with Crippen LogP contribution in [0.15, 0.2) is 18.2 Å². The molecule has 21 heavy (non-hydrogen) atoms. The molecule has 0 aromatic heterocycles. The Labute approximate surface area is 124 Å². The molecule has 114 valence electrons. The summed E-state index contributed by atoms with van der Waals surface area (Å²) in [5, 5.41) is 10.9. The fraction of sp³-hybridized carbons (Fsp3) is 0.533. The second kappa shape index (κ2) is 5.44. The van der Waals surface area contributed by atoms with Gasteiger partial charge >= 0.3 is 0 Å². The summed E-state index contributed by atoms with van der Waals surface area (Å²) in [6.45, 7) is 6.98. The van der Waals surface area contributed by atoms with Gasteiger partial charge in [-0.3, -0.25) is 14.9 Å². The molecule has 1 saturated heterocycles. The molecule has 1 fully saturated rings. The number of amides is 1. The van der Waals surface area contributed by atoms with Gasteiger partial charge in [0.25, 0.3) is 11.6 Å². The Morgan fingerprint density at radius 3 is 2.67 bits per heavy atom. The van der Waals surface area contributed by atoms with Gasteiger partial charge < -0.3 is 10.6 Å². The summed E-state index contributed by atoms with van der Waals surface area (Å²) >= 11 is 0. The predicted octanol–water partition coefficient (Wildman–Crippen LogP) is 2.10. The van der Waals surface area contributed by atoms with Crippen molar-refractivity contribution in [3.63, 3.8) is 0 Å². The Kier molecular flexibility index (Phi) is 4.00. The third-order valence-corrected chi connectivity index (χ3v) is 4.12. The molecule has 0 radical (unpaired) electrons. The van der Waals surface area contributed by atoms with Crippen LogP contribution in [-0.2, 0) is 0 Å². The lowest BCUT2D eigenvalue weighted by Crippen LogP contribution is -2.54. The van der Waals surface area contributed by atoms with Crippen molar-refractivity contribution >= 4 is 11.6 Å². The first-order valence-electron chi connectivity index (χ1n) is 7.01. The third kappa shape index (κ3) is 3.21. The zero-order valence-corrected chi connectivity index (χ0v) is 12.6. The summed E-state index contributed by atoms with van der Waals surface area (Å²) in [7, 11) is 0. The largest absolute Gasteiger partial charge is 0.338 e. The van der Waals surface area contributed by atoms with Crippen molar-refractivity contribution in [3.05, 3.63) is 39.4 Å². The summed E-state index contributed by atoms with van der Waals surface area (Å²) in [6, 6.07) is 4.56. The Bertz CT molecular complexity index is 584. The highest BCUT2D eigenvalue weighted by Crippen LogP contribution is 2.29. The summed E-state index contributed by atoms with van der Waals surface area (Å²) in [6.07, 6.45) is 0.743. The van der Waals surface area contributed by atoms with Crippen LogP contribution in [0.1, 0.15) is 36.2 Å². The molecule has 1 heterocycles. The molecule has 0 aliphatic carbocycles. The number of piperidine rings is 1. The number of carbonyl (C=O) groups is 1. The van der Waals surface area contributed by atoms with Crippen LogP contribution in [0.25, 0.3) is 0 Å². The van der Waals surface area contributed by atoms with Crippen molar-refractivity contribution in [2.75, 3.05) is 13.1 Å². The first kappa shape index (κ1) is 15.4. The van der Waals surface area contributed by atoms with Crippen molar-refractivity contribution in [2.45, 2.75) is 33.2 Å². The first-order chi connectivity index (χ1) is 9.70. The van der Waals surface area contributed by atoms with Gasteiger partial charge in [-0.1, -0.05) is 13.8 Å². The van der Waals surface area contributed by atoms with Crippen LogP contribution in [0.3, 0.4) is 0 Å². The zero-order valence-electron chi connectivity index (χ0n) is 12.6. The lowest BCUT2D eigenvalue weighted by atomic mass is 9.79. The van der Waals surface area contributed by atoms with Gasteiger partial charge in [0.05, 0.1) is 4.92 Å². The van der Waals surface area contributed by atoms with Gasteiger partial charge in [0.15, 0.2) is 0 Å².